The Labute approximate surface area is 104 Å². The molecule has 0 saturated heterocycles. The van der Waals surface area contributed by atoms with E-state index >= 15 is 0 Å². The van der Waals surface area contributed by atoms with Crippen LogP contribution in [0.15, 0.2) is 12.1 Å². The Morgan fingerprint density at radius 2 is 2.24 bits per heavy atom. The molecule has 3 nitrogen and oxygen atoms in total. The maximum absolute atomic E-state index is 11.2. The first-order valence-corrected chi connectivity index (χ1v) is 6.26. The van der Waals surface area contributed by atoms with Gasteiger partial charge in [0.2, 0.25) is 0 Å². The zero-order valence-corrected chi connectivity index (χ0v) is 10.0. The summed E-state index contributed by atoms with van der Waals surface area (Å²) < 4.78 is 5.81. The fraction of sp³-hybridized carbons (Fsp3) is 0.462. The van der Waals surface area contributed by atoms with E-state index in [1.807, 2.05) is 6.07 Å². The van der Waals surface area contributed by atoms with Gasteiger partial charge in [0.15, 0.2) is 0 Å². The molecule has 1 N–H and O–H groups in total. The highest BCUT2D eigenvalue weighted by Crippen LogP contribution is 2.46. The quantitative estimate of drug-likeness (QED) is 0.833. The zero-order chi connectivity index (χ0) is 12.0. The maximum Gasteiger partial charge on any atom is 0.339 e. The normalized spacial score (nSPS) is 25.9. The molecule has 2 atom stereocenters. The minimum absolute atomic E-state index is 0.181. The van der Waals surface area contributed by atoms with E-state index in [0.29, 0.717) is 16.7 Å². The predicted molar refractivity (Wildman–Crippen MR) is 64.0 cm³/mol. The van der Waals surface area contributed by atoms with Crippen LogP contribution in [0.25, 0.3) is 0 Å². The number of carboxylic acid groups (broad SMARTS) is 1. The van der Waals surface area contributed by atoms with Gasteiger partial charge in [0.05, 0.1) is 6.10 Å². The number of aromatic carboxylic acids is 1. The molecular weight excluding hydrogens is 240 g/mol. The van der Waals surface area contributed by atoms with E-state index < -0.39 is 5.97 Å². The number of carbonyl (C=O) groups is 1. The van der Waals surface area contributed by atoms with Crippen LogP contribution in [0.5, 0.6) is 5.75 Å². The Kier molecular flexibility index (Phi) is 2.51. The molecule has 0 unspecified atom stereocenters. The SMILES string of the molecule is O=C(O)c1cc(Cl)cc2c1O[C@H]1CCC[C@H]2C1. The summed E-state index contributed by atoms with van der Waals surface area (Å²) in [6.07, 6.45) is 4.44. The van der Waals surface area contributed by atoms with Gasteiger partial charge in [-0.2, -0.15) is 0 Å². The van der Waals surface area contributed by atoms with Crippen LogP contribution in [0.2, 0.25) is 5.02 Å². The highest BCUT2D eigenvalue weighted by Gasteiger charge is 2.34. The molecule has 1 fully saturated rings. The molecule has 1 aliphatic carbocycles. The second kappa shape index (κ2) is 3.91. The van der Waals surface area contributed by atoms with Crippen LogP contribution in [0.1, 0.15) is 47.5 Å². The fourth-order valence-electron chi connectivity index (χ4n) is 2.91. The minimum Gasteiger partial charge on any atom is -0.489 e. The van der Waals surface area contributed by atoms with Gasteiger partial charge in [0, 0.05) is 5.02 Å². The molecule has 2 bridgehead atoms. The fourth-order valence-corrected chi connectivity index (χ4v) is 3.14. The Morgan fingerprint density at radius 1 is 1.41 bits per heavy atom. The lowest BCUT2D eigenvalue weighted by Crippen LogP contribution is -2.30. The molecule has 1 aromatic carbocycles. The molecule has 1 saturated carbocycles. The number of ether oxygens (including phenoxy) is 1. The molecule has 3 rings (SSSR count). The van der Waals surface area contributed by atoms with Crippen molar-refractivity contribution >= 4 is 17.6 Å². The number of hydrogen-bond acceptors (Lipinski definition) is 2. The second-order valence-corrected chi connectivity index (χ2v) is 5.22. The van der Waals surface area contributed by atoms with Crippen LogP contribution in [-0.4, -0.2) is 17.2 Å². The summed E-state index contributed by atoms with van der Waals surface area (Å²) in [5, 5.41) is 9.67. The van der Waals surface area contributed by atoms with Gasteiger partial charge in [-0.25, -0.2) is 4.79 Å². The third-order valence-corrected chi connectivity index (χ3v) is 3.88. The van der Waals surface area contributed by atoms with Crippen molar-refractivity contribution in [1.29, 1.82) is 0 Å². The molecule has 2 aliphatic rings. The molecule has 4 heteroatoms. The number of benzene rings is 1. The average molecular weight is 253 g/mol. The summed E-state index contributed by atoms with van der Waals surface area (Å²) in [7, 11) is 0. The number of hydrogen-bond donors (Lipinski definition) is 1. The van der Waals surface area contributed by atoms with Crippen molar-refractivity contribution in [3.63, 3.8) is 0 Å². The maximum atomic E-state index is 11.2. The number of carboxylic acids is 1. The van der Waals surface area contributed by atoms with E-state index in [0.717, 1.165) is 31.2 Å². The van der Waals surface area contributed by atoms with Gasteiger partial charge in [-0.05, 0) is 49.3 Å². The first-order chi connectivity index (χ1) is 8.15. The molecule has 0 amide bonds. The number of rotatable bonds is 1. The molecule has 90 valence electrons. The summed E-state index contributed by atoms with van der Waals surface area (Å²) in [4.78, 5) is 11.2. The Hall–Kier alpha value is -1.22. The highest BCUT2D eigenvalue weighted by molar-refractivity contribution is 6.31. The zero-order valence-electron chi connectivity index (χ0n) is 9.28. The third kappa shape index (κ3) is 1.78. The number of fused-ring (bicyclic) bond motifs is 4. The topological polar surface area (TPSA) is 46.5 Å². The van der Waals surface area contributed by atoms with Crippen LogP contribution in [-0.2, 0) is 0 Å². The van der Waals surface area contributed by atoms with Crippen LogP contribution in [0.3, 0.4) is 0 Å². The molecule has 0 spiro atoms. The molecule has 1 aromatic rings. The average Bonchev–Trinajstić information content (AvgIpc) is 2.30. The van der Waals surface area contributed by atoms with E-state index in [-0.39, 0.29) is 11.7 Å². The second-order valence-electron chi connectivity index (χ2n) is 4.78. The van der Waals surface area contributed by atoms with Gasteiger partial charge in [-0.15, -0.1) is 0 Å². The van der Waals surface area contributed by atoms with Gasteiger partial charge in [-0.3, -0.25) is 0 Å². The van der Waals surface area contributed by atoms with Crippen molar-refractivity contribution < 1.29 is 14.6 Å². The van der Waals surface area contributed by atoms with Gasteiger partial charge < -0.3 is 9.84 Å². The van der Waals surface area contributed by atoms with Crippen molar-refractivity contribution in [3.05, 3.63) is 28.3 Å². The van der Waals surface area contributed by atoms with Crippen LogP contribution < -0.4 is 4.74 Å². The van der Waals surface area contributed by atoms with Crippen molar-refractivity contribution in [2.75, 3.05) is 0 Å². The van der Waals surface area contributed by atoms with Crippen LogP contribution >= 0.6 is 11.6 Å². The largest absolute Gasteiger partial charge is 0.489 e. The summed E-state index contributed by atoms with van der Waals surface area (Å²) in [6, 6.07) is 3.33. The molecule has 0 aromatic heterocycles. The summed E-state index contributed by atoms with van der Waals surface area (Å²) in [6.45, 7) is 0. The lowest BCUT2D eigenvalue weighted by molar-refractivity contribution is 0.0676. The van der Waals surface area contributed by atoms with Crippen LogP contribution in [0, 0.1) is 0 Å². The lowest BCUT2D eigenvalue weighted by Gasteiger charge is -2.37. The van der Waals surface area contributed by atoms with Crippen molar-refractivity contribution in [2.45, 2.75) is 37.7 Å². The Bertz CT molecular complexity index is 484. The lowest BCUT2D eigenvalue weighted by atomic mass is 9.79. The van der Waals surface area contributed by atoms with E-state index in [1.54, 1.807) is 0 Å². The smallest absolute Gasteiger partial charge is 0.339 e. The third-order valence-electron chi connectivity index (χ3n) is 3.66. The first-order valence-electron chi connectivity index (χ1n) is 5.88. The summed E-state index contributed by atoms with van der Waals surface area (Å²) in [5.74, 6) is -0.0131. The summed E-state index contributed by atoms with van der Waals surface area (Å²) in [5.41, 5.74) is 1.18. The molecular formula is C13H13ClO3. The monoisotopic (exact) mass is 252 g/mol. The molecule has 1 heterocycles. The van der Waals surface area contributed by atoms with Crippen molar-refractivity contribution in [1.82, 2.24) is 0 Å². The molecule has 1 aliphatic heterocycles. The standard InChI is InChI=1S/C13H13ClO3/c14-8-5-10-7-2-1-3-9(4-7)17-12(10)11(6-8)13(15)16/h5-7,9H,1-4H2,(H,15,16)/t7-,9-/m0/s1. The van der Waals surface area contributed by atoms with Crippen LogP contribution in [0.4, 0.5) is 0 Å². The van der Waals surface area contributed by atoms with E-state index in [9.17, 15) is 9.90 Å². The first kappa shape index (κ1) is 10.9. The van der Waals surface area contributed by atoms with Gasteiger partial charge in [0.1, 0.15) is 11.3 Å². The van der Waals surface area contributed by atoms with E-state index in [1.165, 1.54) is 6.07 Å². The van der Waals surface area contributed by atoms with Gasteiger partial charge >= 0.3 is 5.97 Å². The van der Waals surface area contributed by atoms with Crippen molar-refractivity contribution in [3.8, 4) is 5.75 Å². The summed E-state index contributed by atoms with van der Waals surface area (Å²) >= 11 is 5.98. The van der Waals surface area contributed by atoms with Gasteiger partial charge in [0.25, 0.3) is 0 Å². The minimum atomic E-state index is -0.969. The molecule has 0 radical (unpaired) electrons. The predicted octanol–water partition coefficient (Wildman–Crippen LogP) is 3.46. The van der Waals surface area contributed by atoms with E-state index in [2.05, 4.69) is 0 Å². The highest BCUT2D eigenvalue weighted by atomic mass is 35.5. The Morgan fingerprint density at radius 3 is 3.00 bits per heavy atom. The number of halogens is 1. The van der Waals surface area contributed by atoms with Crippen molar-refractivity contribution in [2.24, 2.45) is 0 Å². The van der Waals surface area contributed by atoms with E-state index in [4.69, 9.17) is 16.3 Å². The Balaban J connectivity index is 2.16. The molecule has 17 heavy (non-hydrogen) atoms. The van der Waals surface area contributed by atoms with Gasteiger partial charge in [-0.1, -0.05) is 11.6 Å².